The second-order valence-corrected chi connectivity index (χ2v) is 6.17. The molecule has 0 saturated carbocycles. The fourth-order valence-electron chi connectivity index (χ4n) is 1.96. The van der Waals surface area contributed by atoms with Gasteiger partial charge >= 0.3 is 0 Å². The molecule has 0 heterocycles. The number of aryl methyl sites for hydroxylation is 1. The van der Waals surface area contributed by atoms with Crippen LogP contribution in [0.25, 0.3) is 0 Å². The molecule has 0 unspecified atom stereocenters. The highest BCUT2D eigenvalue weighted by atomic mass is 79.9. The van der Waals surface area contributed by atoms with E-state index in [1.54, 1.807) is 24.3 Å². The number of thiocarbonyl (C=S) groups is 1. The fourth-order valence-corrected chi connectivity index (χ4v) is 2.83. The molecule has 108 valence electrons. The highest BCUT2D eigenvalue weighted by Crippen LogP contribution is 2.24. The third kappa shape index (κ3) is 3.61. The summed E-state index contributed by atoms with van der Waals surface area (Å²) in [6.07, 6.45) is 0. The summed E-state index contributed by atoms with van der Waals surface area (Å²) < 4.78 is 0.661. The van der Waals surface area contributed by atoms with Gasteiger partial charge in [-0.15, -0.1) is 0 Å². The molecule has 0 spiro atoms. The number of nitrogens with two attached hydrogens (primary N) is 1. The minimum Gasteiger partial charge on any atom is -0.389 e. The molecule has 0 aliphatic heterocycles. The van der Waals surface area contributed by atoms with Gasteiger partial charge in [0.05, 0.1) is 11.3 Å². The van der Waals surface area contributed by atoms with Crippen molar-refractivity contribution in [1.29, 1.82) is 0 Å². The molecule has 0 atom stereocenters. The molecule has 0 aliphatic carbocycles. The molecule has 0 aromatic heterocycles. The Bertz CT molecular complexity index is 734. The van der Waals surface area contributed by atoms with Gasteiger partial charge in [-0.3, -0.25) is 4.79 Å². The van der Waals surface area contributed by atoms with Crippen LogP contribution in [-0.2, 0) is 0 Å². The van der Waals surface area contributed by atoms with Crippen molar-refractivity contribution in [3.63, 3.8) is 0 Å². The summed E-state index contributed by atoms with van der Waals surface area (Å²) in [7, 11) is 0. The van der Waals surface area contributed by atoms with Gasteiger partial charge in [-0.1, -0.05) is 36.0 Å². The van der Waals surface area contributed by atoms with Crippen molar-refractivity contribution < 1.29 is 4.79 Å². The van der Waals surface area contributed by atoms with Crippen molar-refractivity contribution in [2.45, 2.75) is 6.92 Å². The summed E-state index contributed by atoms with van der Waals surface area (Å²) in [5.41, 5.74) is 8.33. The first-order valence-corrected chi connectivity index (χ1v) is 7.64. The Morgan fingerprint density at radius 1 is 1.33 bits per heavy atom. The van der Waals surface area contributed by atoms with Crippen LogP contribution in [0.4, 0.5) is 5.69 Å². The molecule has 2 aromatic rings. The Hall–Kier alpha value is -1.43. The number of rotatable bonds is 3. The molecule has 2 rings (SSSR count). The highest BCUT2D eigenvalue weighted by molar-refractivity contribution is 9.10. The van der Waals surface area contributed by atoms with Gasteiger partial charge in [0, 0.05) is 15.1 Å². The van der Waals surface area contributed by atoms with E-state index in [-0.39, 0.29) is 10.9 Å². The van der Waals surface area contributed by atoms with Crippen molar-refractivity contribution in [2.75, 3.05) is 5.32 Å². The lowest BCUT2D eigenvalue weighted by molar-refractivity contribution is 0.102. The smallest absolute Gasteiger partial charge is 0.256 e. The van der Waals surface area contributed by atoms with Crippen LogP contribution in [0.1, 0.15) is 21.5 Å². The lowest BCUT2D eigenvalue weighted by Gasteiger charge is -2.13. The first-order chi connectivity index (χ1) is 9.90. The van der Waals surface area contributed by atoms with Gasteiger partial charge in [0.2, 0.25) is 0 Å². The van der Waals surface area contributed by atoms with E-state index in [0.717, 1.165) is 5.56 Å². The number of hydrogen-bond acceptors (Lipinski definition) is 2. The zero-order chi connectivity index (χ0) is 15.6. The predicted octanol–water partition coefficient (Wildman–Crippen LogP) is 4.30. The molecule has 2 aromatic carbocycles. The number of amides is 1. The highest BCUT2D eigenvalue weighted by Gasteiger charge is 2.15. The van der Waals surface area contributed by atoms with E-state index in [0.29, 0.717) is 26.3 Å². The summed E-state index contributed by atoms with van der Waals surface area (Å²) in [4.78, 5) is 12.6. The van der Waals surface area contributed by atoms with E-state index < -0.39 is 0 Å². The Morgan fingerprint density at radius 2 is 2.05 bits per heavy atom. The molecule has 21 heavy (non-hydrogen) atoms. The average Bonchev–Trinajstić information content (AvgIpc) is 2.41. The molecule has 0 bridgehead atoms. The number of carbonyl (C=O) groups excluding carboxylic acids is 1. The third-order valence-corrected chi connectivity index (χ3v) is 4.07. The van der Waals surface area contributed by atoms with Crippen LogP contribution in [0.5, 0.6) is 0 Å². The summed E-state index contributed by atoms with van der Waals surface area (Å²) in [5.74, 6) is -0.285. The van der Waals surface area contributed by atoms with Crippen molar-refractivity contribution in [3.8, 4) is 0 Å². The van der Waals surface area contributed by atoms with E-state index in [1.165, 1.54) is 0 Å². The van der Waals surface area contributed by atoms with E-state index in [9.17, 15) is 4.79 Å². The van der Waals surface area contributed by atoms with Crippen molar-refractivity contribution in [1.82, 2.24) is 0 Å². The number of benzene rings is 2. The largest absolute Gasteiger partial charge is 0.389 e. The summed E-state index contributed by atoms with van der Waals surface area (Å²) in [5, 5.41) is 3.31. The number of hydrogen-bond donors (Lipinski definition) is 2. The SMILES string of the molecule is Cc1cccc(NC(=O)c2cc(Cl)ccc2Br)c1C(N)=S. The topological polar surface area (TPSA) is 55.1 Å². The third-order valence-electron chi connectivity index (χ3n) is 2.94. The molecule has 0 radical (unpaired) electrons. The Labute approximate surface area is 141 Å². The Balaban J connectivity index is 2.39. The van der Waals surface area contributed by atoms with Crippen LogP contribution in [-0.4, -0.2) is 10.9 Å². The van der Waals surface area contributed by atoms with Gasteiger partial charge in [-0.05, 0) is 52.7 Å². The van der Waals surface area contributed by atoms with Gasteiger partial charge < -0.3 is 11.1 Å². The average molecular weight is 384 g/mol. The van der Waals surface area contributed by atoms with E-state index in [4.69, 9.17) is 29.6 Å². The van der Waals surface area contributed by atoms with Gasteiger partial charge in [-0.25, -0.2) is 0 Å². The zero-order valence-corrected chi connectivity index (χ0v) is 14.3. The van der Waals surface area contributed by atoms with Crippen molar-refractivity contribution >= 4 is 56.3 Å². The number of anilines is 1. The first-order valence-electron chi connectivity index (χ1n) is 6.06. The second-order valence-electron chi connectivity index (χ2n) is 4.44. The lowest BCUT2D eigenvalue weighted by Crippen LogP contribution is -2.19. The maximum Gasteiger partial charge on any atom is 0.256 e. The monoisotopic (exact) mass is 382 g/mol. The summed E-state index contributed by atoms with van der Waals surface area (Å²) in [6.45, 7) is 1.89. The van der Waals surface area contributed by atoms with E-state index in [1.807, 2.05) is 19.1 Å². The minimum atomic E-state index is -0.285. The van der Waals surface area contributed by atoms with Gasteiger partial charge in [-0.2, -0.15) is 0 Å². The van der Waals surface area contributed by atoms with Gasteiger partial charge in [0.25, 0.3) is 5.91 Å². The molecule has 0 saturated heterocycles. The second kappa shape index (κ2) is 6.56. The van der Waals surface area contributed by atoms with Crippen LogP contribution in [0.15, 0.2) is 40.9 Å². The quantitative estimate of drug-likeness (QED) is 0.777. The maximum atomic E-state index is 12.4. The van der Waals surface area contributed by atoms with Crippen LogP contribution >= 0.6 is 39.7 Å². The van der Waals surface area contributed by atoms with E-state index >= 15 is 0 Å². The molecule has 6 heteroatoms. The normalized spacial score (nSPS) is 10.2. The minimum absolute atomic E-state index is 0.244. The molecular formula is C15H12BrClN2OS. The molecule has 1 amide bonds. The molecule has 3 nitrogen and oxygen atoms in total. The van der Waals surface area contributed by atoms with Gasteiger partial charge in [0.1, 0.15) is 4.99 Å². The number of nitrogens with one attached hydrogen (secondary N) is 1. The van der Waals surface area contributed by atoms with Crippen molar-refractivity contribution in [3.05, 3.63) is 62.6 Å². The lowest BCUT2D eigenvalue weighted by atomic mass is 10.1. The molecular weight excluding hydrogens is 372 g/mol. The van der Waals surface area contributed by atoms with Gasteiger partial charge in [0.15, 0.2) is 0 Å². The first kappa shape index (κ1) is 15.9. The number of halogens is 2. The number of carbonyl (C=O) groups is 1. The summed E-state index contributed by atoms with van der Waals surface area (Å²) >= 11 is 14.3. The van der Waals surface area contributed by atoms with Crippen LogP contribution < -0.4 is 11.1 Å². The summed E-state index contributed by atoms with van der Waals surface area (Å²) in [6, 6.07) is 10.5. The molecule has 0 aliphatic rings. The Morgan fingerprint density at radius 3 is 2.71 bits per heavy atom. The van der Waals surface area contributed by atoms with E-state index in [2.05, 4.69) is 21.2 Å². The molecule has 0 fully saturated rings. The zero-order valence-electron chi connectivity index (χ0n) is 11.1. The molecule has 3 N–H and O–H groups in total. The Kier molecular flexibility index (Phi) is 4.98. The van der Waals surface area contributed by atoms with Crippen molar-refractivity contribution in [2.24, 2.45) is 5.73 Å². The van der Waals surface area contributed by atoms with Crippen LogP contribution in [0, 0.1) is 6.92 Å². The van der Waals surface area contributed by atoms with Crippen LogP contribution in [0.3, 0.4) is 0 Å². The fraction of sp³-hybridized carbons (Fsp3) is 0.0667. The predicted molar refractivity (Wildman–Crippen MR) is 94.2 cm³/mol. The van der Waals surface area contributed by atoms with Crippen LogP contribution in [0.2, 0.25) is 5.02 Å². The standard InChI is InChI=1S/C15H12BrClN2OS/c1-8-3-2-4-12(13(8)14(18)21)19-15(20)10-7-9(17)5-6-11(10)16/h2-7H,1H3,(H2,18,21)(H,19,20). The maximum absolute atomic E-state index is 12.4.